The van der Waals surface area contributed by atoms with Gasteiger partial charge in [0.1, 0.15) is 72.5 Å². The summed E-state index contributed by atoms with van der Waals surface area (Å²) in [6.07, 6.45) is -3.63. The SMILES string of the molecule is C[C@@H](O)[C@@H]1NC(=O)[C@@H]2Cc3cn(nn3)CCC[C@H](C(=O)N[C@@H](Cc3ccccc3)C(=O)O)NC(=O)[C@H](CCC(N)=O)NC(=O)[C@H](Cc3c[nH]c4ccccc34)NC(=O)[C@H](CCCNC(N)=O)NC(=O)C(CSSC[C@H](NC(=O)CN)C(=O)N2)NC(=O)[C@H](CCCNC(=N)N)NC(=O)C2CCCN2C(=O)[C@H](CC(=O)O)NC1=O. The van der Waals surface area contributed by atoms with Gasteiger partial charge in [0.25, 0.3) is 0 Å². The highest BCUT2D eigenvalue weighted by Gasteiger charge is 2.43. The quantitative estimate of drug-likeness (QED) is 0.0142. The van der Waals surface area contributed by atoms with Crippen molar-refractivity contribution in [2.75, 3.05) is 37.7 Å². The molecule has 0 saturated carbocycles. The van der Waals surface area contributed by atoms with E-state index < -0.39 is 223 Å². The summed E-state index contributed by atoms with van der Waals surface area (Å²) in [5.74, 6) is -18.6. The Labute approximate surface area is 648 Å². The number of H-pyrrole nitrogens is 1. The number of aliphatic hydroxyl groups is 1. The van der Waals surface area contributed by atoms with Gasteiger partial charge in [0, 0.05) is 86.7 Å². The molecule has 13 atom stereocenters. The third-order valence-corrected chi connectivity index (χ3v) is 20.6. The van der Waals surface area contributed by atoms with E-state index >= 15 is 19.2 Å². The van der Waals surface area contributed by atoms with Crippen molar-refractivity contribution < 1.29 is 92.0 Å². The number of aryl methyl sites for hydroxylation is 1. The molecule has 0 aliphatic carbocycles. The van der Waals surface area contributed by atoms with Gasteiger partial charge in [-0.05, 0) is 81.9 Å². The summed E-state index contributed by atoms with van der Waals surface area (Å²) in [7, 11) is 1.63. The van der Waals surface area contributed by atoms with Crippen LogP contribution < -0.4 is 92.1 Å². The van der Waals surface area contributed by atoms with Crippen LogP contribution in [0.3, 0.4) is 0 Å². The number of para-hydroxylation sites is 1. The molecule has 15 amide bonds. The summed E-state index contributed by atoms with van der Waals surface area (Å²) < 4.78 is 1.22. The normalized spacial score (nSPS) is 23.9. The van der Waals surface area contributed by atoms with Crippen molar-refractivity contribution in [2.45, 2.75) is 182 Å². The van der Waals surface area contributed by atoms with Gasteiger partial charge in [-0.2, -0.15) is 0 Å². The van der Waals surface area contributed by atoms with Gasteiger partial charge in [-0.1, -0.05) is 75.3 Å². The van der Waals surface area contributed by atoms with Gasteiger partial charge in [0.2, 0.25) is 76.8 Å². The standard InChI is InChI=1S/C68H95N23O19S2/c1-34(92)54-64(106)84-46(28-53(95)96)65(107)91-24-10-18-50(91)63(105)81-41(15-7-21-74-67(71)72)57(99)86-49-33-112-111-32-48(77-52(94)29-69)61(103)83-45(60(102)87-54)27-37-31-90(89-88-37)23-9-17-42(56(98)85-47(66(108)109)25-35-11-3-2-4-12-35)78-58(100)43(19-20-51(70)93)80-59(101)44(26-36-30-76-39-14-6-5-13-38(36)39)82-55(97)40(79-62(49)104)16-8-22-75-68(73)110/h2-6,11-14,30-31,34,40-50,54,76,92H,7-10,15-29,32-33,69H2,1H3,(H2,70,93)(H,77,94)(H,78,100)(H,79,104)(H,80,101)(H,81,105)(H,82,97)(H,83,103)(H,84,106)(H,85,98)(H,86,99)(H,87,102)(H,95,96)(H,108,109)(H4,71,72,74)(H3,73,75,110)/t34-,40+,41+,42-,43+,44+,45+,46+,47+,48+,49?,50?,54+/m1/s1. The van der Waals surface area contributed by atoms with E-state index in [1.807, 2.05) is 0 Å². The van der Waals surface area contributed by atoms with E-state index in [9.17, 15) is 72.9 Å². The summed E-state index contributed by atoms with van der Waals surface area (Å²) in [4.78, 5) is 231. The van der Waals surface area contributed by atoms with Crippen molar-refractivity contribution in [3.8, 4) is 0 Å². The molecular weight excluding hydrogens is 1510 g/mol. The average molecular weight is 1600 g/mol. The van der Waals surface area contributed by atoms with E-state index in [4.69, 9.17) is 28.3 Å². The van der Waals surface area contributed by atoms with Gasteiger partial charge in [-0.25, -0.2) is 9.59 Å². The van der Waals surface area contributed by atoms with Crippen molar-refractivity contribution >= 4 is 133 Å². The summed E-state index contributed by atoms with van der Waals surface area (Å²) in [6.45, 7) is -0.258. The number of nitrogens with zero attached hydrogens (tertiary/aromatic N) is 4. The maximum Gasteiger partial charge on any atom is 0.326 e. The number of carbonyl (C=O) groups is 16. The second-order valence-corrected chi connectivity index (χ2v) is 29.3. The predicted molar refractivity (Wildman–Crippen MR) is 401 cm³/mol. The topological polar surface area (TPSA) is 668 Å². The molecule has 3 aliphatic rings. The first-order chi connectivity index (χ1) is 53.4. The predicted octanol–water partition coefficient (Wildman–Crippen LogP) is -6.82. The minimum atomic E-state index is -2.05. The zero-order valence-electron chi connectivity index (χ0n) is 61.0. The lowest BCUT2D eigenvalue weighted by Crippen LogP contribution is -2.62. The lowest BCUT2D eigenvalue weighted by atomic mass is 10.0. The van der Waals surface area contributed by atoms with Crippen LogP contribution in [0.5, 0.6) is 0 Å². The Morgan fingerprint density at radius 2 is 1.26 bits per heavy atom. The molecule has 42 nitrogen and oxygen atoms in total. The molecule has 2 aromatic heterocycles. The molecule has 5 heterocycles. The maximum atomic E-state index is 15.3. The number of urea groups is 1. The number of aliphatic hydroxyl groups excluding tert-OH is 1. The lowest BCUT2D eigenvalue weighted by Gasteiger charge is -2.31. The number of carbonyl (C=O) groups excluding carboxylic acids is 14. The average Bonchev–Trinajstić information content (AvgIpc) is 0.905. The molecule has 2 saturated heterocycles. The number of nitrogens with one attached hydrogen (secondary N) is 15. The highest BCUT2D eigenvalue weighted by molar-refractivity contribution is 8.76. The smallest absolute Gasteiger partial charge is 0.326 e. The van der Waals surface area contributed by atoms with Crippen LogP contribution >= 0.6 is 21.6 Å². The Kier molecular flexibility index (Phi) is 33.7. The monoisotopic (exact) mass is 1600 g/mol. The number of carboxylic acid groups (broad SMARTS) is 2. The van der Waals surface area contributed by atoms with Crippen molar-refractivity contribution in [3.63, 3.8) is 0 Å². The van der Waals surface area contributed by atoms with E-state index in [-0.39, 0.29) is 96.1 Å². The van der Waals surface area contributed by atoms with Crippen molar-refractivity contribution in [3.05, 3.63) is 83.8 Å². The number of hydrogen-bond donors (Lipinski definition) is 22. The summed E-state index contributed by atoms with van der Waals surface area (Å²) in [5.41, 5.74) is 23.7. The first-order valence-electron chi connectivity index (χ1n) is 36.0. The number of nitrogens with two attached hydrogens (primary N) is 4. The zero-order valence-corrected chi connectivity index (χ0v) is 62.6. The number of benzene rings is 2. The molecular formula is C68H95N23O19S2. The van der Waals surface area contributed by atoms with E-state index in [1.54, 1.807) is 60.8 Å². The van der Waals surface area contributed by atoms with Crippen molar-refractivity contribution in [1.82, 2.24) is 94.0 Å². The third-order valence-electron chi connectivity index (χ3n) is 18.2. The fourth-order valence-electron chi connectivity index (χ4n) is 12.4. The van der Waals surface area contributed by atoms with Crippen LogP contribution in [0.25, 0.3) is 10.9 Å². The number of fused-ring (bicyclic) bond motifs is 12. The molecule has 4 aromatic rings. The van der Waals surface area contributed by atoms with Gasteiger partial charge < -0.3 is 117 Å². The minimum Gasteiger partial charge on any atom is -0.481 e. The second-order valence-electron chi connectivity index (χ2n) is 26.8. The number of hydrogen-bond acceptors (Lipinski definition) is 23. The largest absolute Gasteiger partial charge is 0.481 e. The Balaban J connectivity index is 1.40. The van der Waals surface area contributed by atoms with Gasteiger partial charge >= 0.3 is 18.0 Å². The molecule has 112 heavy (non-hydrogen) atoms. The van der Waals surface area contributed by atoms with Crippen LogP contribution in [0.15, 0.2) is 67.0 Å². The fourth-order valence-corrected chi connectivity index (χ4v) is 14.8. The molecule has 4 bridgehead atoms. The Morgan fingerprint density at radius 1 is 0.661 bits per heavy atom. The third kappa shape index (κ3) is 27.1. The number of amides is 15. The minimum absolute atomic E-state index is 0.0208. The maximum absolute atomic E-state index is 15.3. The van der Waals surface area contributed by atoms with Crippen molar-refractivity contribution in [1.29, 1.82) is 5.41 Å². The molecule has 3 aliphatic heterocycles. The number of carboxylic acids is 2. The molecule has 26 N–H and O–H groups in total. The molecule has 0 spiro atoms. The summed E-state index contributed by atoms with van der Waals surface area (Å²) in [5, 5.41) is 81.1. The molecule has 44 heteroatoms. The molecule has 2 fully saturated rings. The number of aliphatic carboxylic acids is 2. The van der Waals surface area contributed by atoms with Gasteiger partial charge in [-0.3, -0.25) is 77.2 Å². The van der Waals surface area contributed by atoms with Gasteiger partial charge in [-0.15, -0.1) is 5.10 Å². The van der Waals surface area contributed by atoms with E-state index in [2.05, 4.69) is 84.4 Å². The second kappa shape index (κ2) is 43.1. The summed E-state index contributed by atoms with van der Waals surface area (Å²) >= 11 is 0. The number of guanidine groups is 1. The highest BCUT2D eigenvalue weighted by Crippen LogP contribution is 2.26. The zero-order chi connectivity index (χ0) is 81.7. The Bertz CT molecular complexity index is 4070. The number of aromatic nitrogens is 4. The van der Waals surface area contributed by atoms with Crippen LogP contribution in [-0.2, 0) is 97.7 Å². The van der Waals surface area contributed by atoms with Gasteiger partial charge in [0.05, 0.1) is 24.8 Å². The number of aromatic amines is 1. The van der Waals surface area contributed by atoms with Crippen LogP contribution in [0.4, 0.5) is 4.79 Å². The molecule has 608 valence electrons. The molecule has 0 radical (unpaired) electrons. The summed E-state index contributed by atoms with van der Waals surface area (Å²) in [6, 6.07) is -6.78. The number of rotatable bonds is 23. The van der Waals surface area contributed by atoms with Crippen LogP contribution in [0.2, 0.25) is 0 Å². The lowest BCUT2D eigenvalue weighted by molar-refractivity contribution is -0.146. The molecule has 2 aromatic carbocycles. The Hall–Kier alpha value is -11.7. The van der Waals surface area contributed by atoms with Crippen molar-refractivity contribution in [2.24, 2.45) is 22.9 Å². The number of primary amides is 2. The van der Waals surface area contributed by atoms with E-state index in [0.29, 0.717) is 22.0 Å². The molecule has 7 rings (SSSR count). The van der Waals surface area contributed by atoms with Crippen LogP contribution in [0, 0.1) is 5.41 Å². The highest BCUT2D eigenvalue weighted by atomic mass is 33.1. The van der Waals surface area contributed by atoms with E-state index in [0.717, 1.165) is 33.4 Å². The fraction of sp³-hybridized carbons (Fsp3) is 0.515. The Morgan fingerprint density at radius 3 is 1.93 bits per heavy atom. The van der Waals surface area contributed by atoms with E-state index in [1.165, 1.54) is 10.9 Å². The first-order valence-corrected chi connectivity index (χ1v) is 38.4. The van der Waals surface area contributed by atoms with Crippen LogP contribution in [-0.4, -0.2) is 257 Å². The first kappa shape index (κ1) is 87.6. The van der Waals surface area contributed by atoms with Gasteiger partial charge in [0.15, 0.2) is 5.96 Å². The van der Waals surface area contributed by atoms with Crippen LogP contribution in [0.1, 0.15) is 94.4 Å². The molecule has 2 unspecified atom stereocenters.